The smallest absolute Gasteiger partial charge is 0.228 e. The second kappa shape index (κ2) is 7.60. The van der Waals surface area contributed by atoms with E-state index in [4.69, 9.17) is 4.74 Å². The summed E-state index contributed by atoms with van der Waals surface area (Å²) >= 11 is 0. The highest BCUT2D eigenvalue weighted by molar-refractivity contribution is 5.96. The summed E-state index contributed by atoms with van der Waals surface area (Å²) in [5.41, 5.74) is 2.72. The average Bonchev–Trinajstić information content (AvgIpc) is 3.17. The molecule has 1 aromatic heterocycles. The molecule has 26 heavy (non-hydrogen) atoms. The highest BCUT2D eigenvalue weighted by atomic mass is 16.5. The molecule has 0 aliphatic rings. The number of methoxy groups -OCH3 is 1. The van der Waals surface area contributed by atoms with Crippen molar-refractivity contribution in [2.45, 2.75) is 13.3 Å². The lowest BCUT2D eigenvalue weighted by Crippen LogP contribution is -2.15. The van der Waals surface area contributed by atoms with Crippen LogP contribution < -0.4 is 10.1 Å². The number of carbonyl (C=O) groups excluding carboxylic acids is 2. The first-order valence-electron chi connectivity index (χ1n) is 7.99. The number of anilines is 1. The fourth-order valence-corrected chi connectivity index (χ4v) is 2.55. The number of ether oxygens (including phenoxy) is 1. The molecule has 1 amide bonds. The van der Waals surface area contributed by atoms with Gasteiger partial charge in [-0.25, -0.2) is 9.67 Å². The van der Waals surface area contributed by atoms with Gasteiger partial charge in [0.1, 0.15) is 18.4 Å². The number of rotatable bonds is 6. The third-order valence-electron chi connectivity index (χ3n) is 3.87. The van der Waals surface area contributed by atoms with E-state index in [2.05, 4.69) is 15.4 Å². The molecule has 0 atom stereocenters. The summed E-state index contributed by atoms with van der Waals surface area (Å²) in [4.78, 5) is 27.8. The molecule has 0 radical (unpaired) electrons. The van der Waals surface area contributed by atoms with Gasteiger partial charge in [0, 0.05) is 16.8 Å². The summed E-state index contributed by atoms with van der Waals surface area (Å²) in [6.45, 7) is 1.49. The Balaban J connectivity index is 1.71. The molecule has 2 aromatic carbocycles. The van der Waals surface area contributed by atoms with Crippen LogP contribution in [0.2, 0.25) is 0 Å². The normalized spacial score (nSPS) is 10.4. The summed E-state index contributed by atoms with van der Waals surface area (Å²) in [6.07, 6.45) is 3.16. The molecule has 7 heteroatoms. The van der Waals surface area contributed by atoms with Gasteiger partial charge in [0.2, 0.25) is 5.91 Å². The molecule has 132 valence electrons. The van der Waals surface area contributed by atoms with Gasteiger partial charge in [0.25, 0.3) is 0 Å². The fourth-order valence-electron chi connectivity index (χ4n) is 2.55. The van der Waals surface area contributed by atoms with E-state index in [0.717, 1.165) is 5.69 Å². The Hall–Kier alpha value is -3.48. The van der Waals surface area contributed by atoms with Crippen molar-refractivity contribution < 1.29 is 14.3 Å². The Morgan fingerprint density at radius 1 is 1.15 bits per heavy atom. The molecule has 0 bridgehead atoms. The third kappa shape index (κ3) is 3.94. The average molecular weight is 350 g/mol. The first kappa shape index (κ1) is 17.3. The maximum atomic E-state index is 12.4. The van der Waals surface area contributed by atoms with Gasteiger partial charge >= 0.3 is 0 Å². The second-order valence-electron chi connectivity index (χ2n) is 5.69. The fraction of sp³-hybridized carbons (Fsp3) is 0.158. The SMILES string of the molecule is COc1ccc(C(C)=O)cc1CC(=O)Nc1ccc(-n2cncn2)cc1. The van der Waals surface area contributed by atoms with Gasteiger partial charge in [0.05, 0.1) is 19.2 Å². The second-order valence-corrected chi connectivity index (χ2v) is 5.69. The topological polar surface area (TPSA) is 86.1 Å². The van der Waals surface area contributed by atoms with E-state index < -0.39 is 0 Å². The van der Waals surface area contributed by atoms with Crippen molar-refractivity contribution in [3.8, 4) is 11.4 Å². The van der Waals surface area contributed by atoms with Gasteiger partial charge in [-0.3, -0.25) is 9.59 Å². The lowest BCUT2D eigenvalue weighted by molar-refractivity contribution is -0.115. The molecular weight excluding hydrogens is 332 g/mol. The molecular formula is C19H18N4O3. The van der Waals surface area contributed by atoms with Gasteiger partial charge in [-0.05, 0) is 49.4 Å². The number of hydrogen-bond donors (Lipinski definition) is 1. The van der Waals surface area contributed by atoms with Gasteiger partial charge in [-0.15, -0.1) is 0 Å². The number of amides is 1. The van der Waals surface area contributed by atoms with Crippen molar-refractivity contribution in [1.29, 1.82) is 0 Å². The Bertz CT molecular complexity index is 918. The lowest BCUT2D eigenvalue weighted by atomic mass is 10.0. The van der Waals surface area contributed by atoms with Gasteiger partial charge in [-0.2, -0.15) is 5.10 Å². The monoisotopic (exact) mass is 350 g/mol. The molecule has 0 aliphatic carbocycles. The molecule has 0 saturated carbocycles. The Labute approximate surface area is 150 Å². The molecule has 3 aromatic rings. The zero-order valence-corrected chi connectivity index (χ0v) is 14.5. The molecule has 0 fully saturated rings. The predicted octanol–water partition coefficient (Wildman–Crippen LogP) is 2.66. The highest BCUT2D eigenvalue weighted by Gasteiger charge is 2.12. The van der Waals surface area contributed by atoms with Crippen molar-refractivity contribution in [3.63, 3.8) is 0 Å². The van der Waals surface area contributed by atoms with Crippen molar-refractivity contribution in [3.05, 3.63) is 66.2 Å². The summed E-state index contributed by atoms with van der Waals surface area (Å²) in [5.74, 6) is 0.321. The maximum absolute atomic E-state index is 12.4. The number of Topliss-reactive ketones (excluding diaryl/α,β-unsaturated/α-hetero) is 1. The quantitative estimate of drug-likeness (QED) is 0.691. The number of hydrogen-bond acceptors (Lipinski definition) is 5. The minimum atomic E-state index is -0.197. The van der Waals surface area contributed by atoms with Gasteiger partial charge < -0.3 is 10.1 Å². The lowest BCUT2D eigenvalue weighted by Gasteiger charge is -2.11. The van der Waals surface area contributed by atoms with Crippen LogP contribution in [-0.2, 0) is 11.2 Å². The summed E-state index contributed by atoms with van der Waals surface area (Å²) < 4.78 is 6.91. The first-order chi connectivity index (χ1) is 12.6. The largest absolute Gasteiger partial charge is 0.496 e. The summed E-state index contributed by atoms with van der Waals surface area (Å²) in [6, 6.07) is 12.3. The standard InChI is InChI=1S/C19H18N4O3/c1-13(24)14-3-8-18(26-2)15(9-14)10-19(25)22-16-4-6-17(7-5-16)23-12-20-11-21-23/h3-9,11-12H,10H2,1-2H3,(H,22,25). The Kier molecular flexibility index (Phi) is 5.07. The van der Waals surface area contributed by atoms with Crippen LogP contribution in [0, 0.1) is 0 Å². The van der Waals surface area contributed by atoms with Gasteiger partial charge in [0.15, 0.2) is 5.78 Å². The van der Waals surface area contributed by atoms with Crippen LogP contribution in [0.1, 0.15) is 22.8 Å². The van der Waals surface area contributed by atoms with Crippen LogP contribution in [0.15, 0.2) is 55.1 Å². The molecule has 7 nitrogen and oxygen atoms in total. The van der Waals surface area contributed by atoms with E-state index in [1.54, 1.807) is 41.3 Å². The Morgan fingerprint density at radius 3 is 2.54 bits per heavy atom. The van der Waals surface area contributed by atoms with E-state index >= 15 is 0 Å². The molecule has 0 saturated heterocycles. The summed E-state index contributed by atoms with van der Waals surface area (Å²) in [5, 5.41) is 6.89. The Morgan fingerprint density at radius 2 is 1.92 bits per heavy atom. The minimum absolute atomic E-state index is 0.0574. The van der Waals surface area contributed by atoms with Crippen molar-refractivity contribution in [1.82, 2.24) is 14.8 Å². The van der Waals surface area contributed by atoms with Crippen molar-refractivity contribution in [2.75, 3.05) is 12.4 Å². The molecule has 3 rings (SSSR count). The number of ketones is 1. The molecule has 1 N–H and O–H groups in total. The number of aromatic nitrogens is 3. The zero-order chi connectivity index (χ0) is 18.5. The van der Waals surface area contributed by atoms with E-state index in [1.165, 1.54) is 20.4 Å². The molecule has 0 spiro atoms. The van der Waals surface area contributed by atoms with E-state index in [0.29, 0.717) is 22.6 Å². The van der Waals surface area contributed by atoms with Crippen LogP contribution in [0.5, 0.6) is 5.75 Å². The highest BCUT2D eigenvalue weighted by Crippen LogP contribution is 2.21. The first-order valence-corrected chi connectivity index (χ1v) is 7.99. The minimum Gasteiger partial charge on any atom is -0.496 e. The molecule has 0 unspecified atom stereocenters. The van der Waals surface area contributed by atoms with E-state index in [1.807, 2.05) is 12.1 Å². The summed E-state index contributed by atoms with van der Waals surface area (Å²) in [7, 11) is 1.53. The number of benzene rings is 2. The molecule has 0 aliphatic heterocycles. The van der Waals surface area contributed by atoms with Crippen LogP contribution in [0.4, 0.5) is 5.69 Å². The maximum Gasteiger partial charge on any atom is 0.228 e. The third-order valence-corrected chi connectivity index (χ3v) is 3.87. The van der Waals surface area contributed by atoms with Crippen LogP contribution in [0.3, 0.4) is 0 Å². The predicted molar refractivity (Wildman–Crippen MR) is 96.7 cm³/mol. The number of nitrogens with one attached hydrogen (secondary N) is 1. The number of nitrogens with zero attached hydrogens (tertiary/aromatic N) is 3. The van der Waals surface area contributed by atoms with Crippen molar-refractivity contribution in [2.24, 2.45) is 0 Å². The van der Waals surface area contributed by atoms with E-state index in [9.17, 15) is 9.59 Å². The number of carbonyl (C=O) groups is 2. The van der Waals surface area contributed by atoms with Gasteiger partial charge in [-0.1, -0.05) is 0 Å². The van der Waals surface area contributed by atoms with Crippen LogP contribution >= 0.6 is 0 Å². The van der Waals surface area contributed by atoms with Crippen molar-refractivity contribution >= 4 is 17.4 Å². The van der Waals surface area contributed by atoms with E-state index in [-0.39, 0.29) is 18.1 Å². The zero-order valence-electron chi connectivity index (χ0n) is 14.5. The van der Waals surface area contributed by atoms with Crippen LogP contribution in [0.25, 0.3) is 5.69 Å². The molecule has 1 heterocycles. The van der Waals surface area contributed by atoms with Crippen LogP contribution in [-0.4, -0.2) is 33.6 Å².